The SMILES string of the molecule is CN(CCc1nccs1)C(=O)CCc1ccc2ccccc2c1O. The molecule has 0 spiro atoms. The van der Waals surface area contributed by atoms with Crippen molar-refractivity contribution in [3.63, 3.8) is 0 Å². The topological polar surface area (TPSA) is 53.4 Å². The number of carbonyl (C=O) groups is 1. The van der Waals surface area contributed by atoms with Crippen molar-refractivity contribution in [2.45, 2.75) is 19.3 Å². The number of aromatic hydroxyl groups is 1. The first-order chi connectivity index (χ1) is 11.6. The number of aryl methyl sites for hydroxylation is 1. The highest BCUT2D eigenvalue weighted by Crippen LogP contribution is 2.29. The van der Waals surface area contributed by atoms with Gasteiger partial charge in [0.25, 0.3) is 0 Å². The molecule has 124 valence electrons. The van der Waals surface area contributed by atoms with E-state index < -0.39 is 0 Å². The average Bonchev–Trinajstić information content (AvgIpc) is 3.12. The van der Waals surface area contributed by atoms with Gasteiger partial charge >= 0.3 is 0 Å². The number of nitrogens with zero attached hydrogens (tertiary/aromatic N) is 2. The highest BCUT2D eigenvalue weighted by molar-refractivity contribution is 7.09. The van der Waals surface area contributed by atoms with Gasteiger partial charge < -0.3 is 10.0 Å². The summed E-state index contributed by atoms with van der Waals surface area (Å²) in [6.07, 6.45) is 3.49. The molecule has 1 heterocycles. The minimum Gasteiger partial charge on any atom is -0.507 e. The third kappa shape index (κ3) is 3.74. The van der Waals surface area contributed by atoms with E-state index in [4.69, 9.17) is 0 Å². The van der Waals surface area contributed by atoms with Crippen LogP contribution < -0.4 is 0 Å². The van der Waals surface area contributed by atoms with Gasteiger partial charge in [0.15, 0.2) is 0 Å². The maximum Gasteiger partial charge on any atom is 0.222 e. The number of phenolic OH excluding ortho intramolecular Hbond substituents is 1. The standard InChI is InChI=1S/C19H20N2O2S/c1-21(12-10-17-20-11-13-24-17)18(22)9-8-15-7-6-14-4-2-3-5-16(14)19(15)23/h2-7,11,13,23H,8-10,12H2,1H3. The van der Waals surface area contributed by atoms with Gasteiger partial charge in [0.05, 0.1) is 5.01 Å². The van der Waals surface area contributed by atoms with Crippen molar-refractivity contribution in [1.82, 2.24) is 9.88 Å². The fourth-order valence-electron chi connectivity index (χ4n) is 2.70. The second kappa shape index (κ2) is 7.45. The van der Waals surface area contributed by atoms with E-state index in [1.165, 1.54) is 0 Å². The zero-order chi connectivity index (χ0) is 16.9. The molecule has 1 aromatic heterocycles. The van der Waals surface area contributed by atoms with Crippen LogP contribution in [0.1, 0.15) is 17.0 Å². The third-order valence-corrected chi connectivity index (χ3v) is 5.00. The Kier molecular flexibility index (Phi) is 5.11. The summed E-state index contributed by atoms with van der Waals surface area (Å²) in [4.78, 5) is 18.2. The summed E-state index contributed by atoms with van der Waals surface area (Å²) in [7, 11) is 1.82. The van der Waals surface area contributed by atoms with Crippen LogP contribution in [0.5, 0.6) is 5.75 Å². The lowest BCUT2D eigenvalue weighted by atomic mass is 10.0. The smallest absolute Gasteiger partial charge is 0.222 e. The molecule has 0 saturated heterocycles. The van der Waals surface area contributed by atoms with E-state index in [2.05, 4.69) is 4.98 Å². The Morgan fingerprint density at radius 3 is 2.83 bits per heavy atom. The lowest BCUT2D eigenvalue weighted by Gasteiger charge is -2.16. The molecule has 0 unspecified atom stereocenters. The highest BCUT2D eigenvalue weighted by atomic mass is 32.1. The summed E-state index contributed by atoms with van der Waals surface area (Å²) in [6, 6.07) is 11.6. The molecule has 0 fully saturated rings. The van der Waals surface area contributed by atoms with Gasteiger partial charge in [0.1, 0.15) is 5.75 Å². The van der Waals surface area contributed by atoms with Crippen molar-refractivity contribution in [2.75, 3.05) is 13.6 Å². The molecule has 0 aliphatic heterocycles. The summed E-state index contributed by atoms with van der Waals surface area (Å²) in [5.74, 6) is 0.366. The van der Waals surface area contributed by atoms with E-state index in [-0.39, 0.29) is 11.7 Å². The highest BCUT2D eigenvalue weighted by Gasteiger charge is 2.12. The zero-order valence-electron chi connectivity index (χ0n) is 13.6. The Hall–Kier alpha value is -2.40. The van der Waals surface area contributed by atoms with E-state index >= 15 is 0 Å². The number of rotatable bonds is 6. The van der Waals surface area contributed by atoms with Crippen molar-refractivity contribution in [3.05, 3.63) is 58.5 Å². The summed E-state index contributed by atoms with van der Waals surface area (Å²) < 4.78 is 0. The van der Waals surface area contributed by atoms with Crippen LogP contribution in [-0.4, -0.2) is 34.5 Å². The molecule has 0 radical (unpaired) electrons. The van der Waals surface area contributed by atoms with Gasteiger partial charge in [-0.2, -0.15) is 0 Å². The molecular formula is C19H20N2O2S. The van der Waals surface area contributed by atoms with Crippen LogP contribution in [0.2, 0.25) is 0 Å². The number of likely N-dealkylation sites (N-methyl/N-ethyl adjacent to an activating group) is 1. The quantitative estimate of drug-likeness (QED) is 0.745. The predicted octanol–water partition coefficient (Wildman–Crippen LogP) is 3.64. The van der Waals surface area contributed by atoms with Crippen LogP contribution >= 0.6 is 11.3 Å². The summed E-state index contributed by atoms with van der Waals surface area (Å²) in [5.41, 5.74) is 0.815. The summed E-state index contributed by atoms with van der Waals surface area (Å²) >= 11 is 1.61. The number of benzene rings is 2. The van der Waals surface area contributed by atoms with Crippen molar-refractivity contribution < 1.29 is 9.90 Å². The van der Waals surface area contributed by atoms with E-state index in [1.54, 1.807) is 22.4 Å². The van der Waals surface area contributed by atoms with Gasteiger partial charge in [-0.15, -0.1) is 11.3 Å². The van der Waals surface area contributed by atoms with Gasteiger partial charge in [0, 0.05) is 43.4 Å². The van der Waals surface area contributed by atoms with Crippen LogP contribution in [0.4, 0.5) is 0 Å². The fourth-order valence-corrected chi connectivity index (χ4v) is 3.31. The van der Waals surface area contributed by atoms with Crippen molar-refractivity contribution in [3.8, 4) is 5.75 Å². The van der Waals surface area contributed by atoms with E-state index in [0.717, 1.165) is 27.8 Å². The first kappa shape index (κ1) is 16.5. The molecule has 0 aliphatic rings. The summed E-state index contributed by atoms with van der Waals surface area (Å²) in [6.45, 7) is 0.663. The molecule has 1 N–H and O–H groups in total. The number of hydrogen-bond donors (Lipinski definition) is 1. The Morgan fingerprint density at radius 1 is 1.21 bits per heavy atom. The third-order valence-electron chi connectivity index (χ3n) is 4.16. The summed E-state index contributed by atoms with van der Waals surface area (Å²) in [5, 5.41) is 15.2. The van der Waals surface area contributed by atoms with Gasteiger partial charge in [-0.05, 0) is 17.4 Å². The normalized spacial score (nSPS) is 10.9. The number of amides is 1. The van der Waals surface area contributed by atoms with Crippen LogP contribution in [0, 0.1) is 0 Å². The number of fused-ring (bicyclic) bond motifs is 1. The van der Waals surface area contributed by atoms with Crippen molar-refractivity contribution in [2.24, 2.45) is 0 Å². The second-order valence-electron chi connectivity index (χ2n) is 5.79. The van der Waals surface area contributed by atoms with Gasteiger partial charge in [0.2, 0.25) is 5.91 Å². The van der Waals surface area contributed by atoms with Crippen LogP contribution in [0.15, 0.2) is 48.0 Å². The Labute approximate surface area is 145 Å². The fraction of sp³-hybridized carbons (Fsp3) is 0.263. The maximum absolute atomic E-state index is 12.3. The largest absolute Gasteiger partial charge is 0.507 e. The molecule has 5 heteroatoms. The number of aromatic nitrogens is 1. The number of carbonyl (C=O) groups excluding carboxylic acids is 1. The van der Waals surface area contributed by atoms with Crippen LogP contribution in [0.25, 0.3) is 10.8 Å². The second-order valence-corrected chi connectivity index (χ2v) is 6.76. The molecule has 0 atom stereocenters. The molecule has 0 saturated carbocycles. The Balaban J connectivity index is 1.58. The van der Waals surface area contributed by atoms with E-state index in [0.29, 0.717) is 19.4 Å². The molecular weight excluding hydrogens is 320 g/mol. The van der Waals surface area contributed by atoms with Crippen molar-refractivity contribution >= 4 is 28.0 Å². The monoisotopic (exact) mass is 340 g/mol. The molecule has 3 aromatic rings. The van der Waals surface area contributed by atoms with Gasteiger partial charge in [-0.25, -0.2) is 4.98 Å². The lowest BCUT2D eigenvalue weighted by molar-refractivity contribution is -0.129. The molecule has 24 heavy (non-hydrogen) atoms. The molecule has 2 aromatic carbocycles. The number of hydrogen-bond acceptors (Lipinski definition) is 4. The van der Waals surface area contributed by atoms with E-state index in [9.17, 15) is 9.90 Å². The molecule has 0 aliphatic carbocycles. The Morgan fingerprint density at radius 2 is 2.04 bits per heavy atom. The molecule has 0 bridgehead atoms. The number of phenols is 1. The first-order valence-corrected chi connectivity index (χ1v) is 8.85. The number of thiazole rings is 1. The maximum atomic E-state index is 12.3. The van der Waals surface area contributed by atoms with Gasteiger partial charge in [-0.1, -0.05) is 36.4 Å². The average molecular weight is 340 g/mol. The molecule has 1 amide bonds. The first-order valence-electron chi connectivity index (χ1n) is 7.97. The minimum absolute atomic E-state index is 0.0825. The van der Waals surface area contributed by atoms with Crippen molar-refractivity contribution in [1.29, 1.82) is 0 Å². The minimum atomic E-state index is 0.0825. The zero-order valence-corrected chi connectivity index (χ0v) is 14.4. The molecule has 3 rings (SSSR count). The Bertz CT molecular complexity index is 831. The van der Waals surface area contributed by atoms with E-state index in [1.807, 2.05) is 48.8 Å². The van der Waals surface area contributed by atoms with Crippen LogP contribution in [0.3, 0.4) is 0 Å². The molecule has 4 nitrogen and oxygen atoms in total. The lowest BCUT2D eigenvalue weighted by Crippen LogP contribution is -2.29. The van der Waals surface area contributed by atoms with Gasteiger partial charge in [-0.3, -0.25) is 4.79 Å². The van der Waals surface area contributed by atoms with Crippen LogP contribution in [-0.2, 0) is 17.6 Å². The predicted molar refractivity (Wildman–Crippen MR) is 97.4 cm³/mol.